The minimum absolute atomic E-state index is 0.680. The first-order valence-corrected chi connectivity index (χ1v) is 9.00. The maximum absolute atomic E-state index is 2.76. The van der Waals surface area contributed by atoms with Crippen molar-refractivity contribution < 1.29 is 0 Å². The van der Waals surface area contributed by atoms with Crippen LogP contribution >= 0.6 is 11.8 Å². The molecule has 2 nitrogen and oxygen atoms in total. The maximum Gasteiger partial charge on any atom is 0.0543 e. The highest BCUT2D eigenvalue weighted by molar-refractivity contribution is 7.99. The molecule has 2 unspecified atom stereocenters. The second kappa shape index (κ2) is 4.96. The quantitative estimate of drug-likeness (QED) is 0.780. The molecule has 3 aliphatic heterocycles. The molecule has 1 aromatic rings. The van der Waals surface area contributed by atoms with Crippen molar-refractivity contribution in [3.63, 3.8) is 0 Å². The standard InChI is InChI=1S/C17H24N2S/c1-12(2)18-9-7-15-14(11-18)13-5-3-6-16-17(13)19(15)8-4-10-20-16/h3,5-6,12,14-15H,4,7-11H2,1-2H3. The maximum atomic E-state index is 2.76. The van der Waals surface area contributed by atoms with Gasteiger partial charge in [-0.25, -0.2) is 0 Å². The number of rotatable bonds is 1. The number of hydrogen-bond donors (Lipinski definition) is 0. The fourth-order valence-corrected chi connectivity index (χ4v) is 5.28. The molecule has 3 heterocycles. The second-order valence-corrected chi connectivity index (χ2v) is 7.78. The number of para-hydroxylation sites is 1. The Morgan fingerprint density at radius 3 is 3.00 bits per heavy atom. The number of fused-ring (bicyclic) bond motifs is 3. The minimum Gasteiger partial charge on any atom is -0.367 e. The number of piperidine rings is 1. The third kappa shape index (κ3) is 1.90. The summed E-state index contributed by atoms with van der Waals surface area (Å²) in [5, 5.41) is 0. The van der Waals surface area contributed by atoms with Crippen molar-refractivity contribution in [1.29, 1.82) is 0 Å². The summed E-state index contributed by atoms with van der Waals surface area (Å²) >= 11 is 2.06. The van der Waals surface area contributed by atoms with Gasteiger partial charge in [0.1, 0.15) is 0 Å². The third-order valence-electron chi connectivity index (χ3n) is 5.26. The molecule has 108 valence electrons. The molecule has 4 rings (SSSR count). The predicted molar refractivity (Wildman–Crippen MR) is 87.0 cm³/mol. The highest BCUT2D eigenvalue weighted by Crippen LogP contribution is 2.50. The number of thioether (sulfide) groups is 1. The number of anilines is 1. The van der Waals surface area contributed by atoms with E-state index in [2.05, 4.69) is 53.6 Å². The van der Waals surface area contributed by atoms with E-state index in [4.69, 9.17) is 0 Å². The Kier molecular flexibility index (Phi) is 3.23. The van der Waals surface area contributed by atoms with Crippen LogP contribution < -0.4 is 4.90 Å². The normalized spacial score (nSPS) is 29.2. The summed E-state index contributed by atoms with van der Waals surface area (Å²) < 4.78 is 0. The van der Waals surface area contributed by atoms with E-state index in [1.165, 1.54) is 43.1 Å². The molecule has 0 amide bonds. The van der Waals surface area contributed by atoms with Crippen LogP contribution in [0.1, 0.15) is 38.2 Å². The molecule has 3 aliphatic rings. The van der Waals surface area contributed by atoms with Crippen LogP contribution in [0.4, 0.5) is 5.69 Å². The second-order valence-electron chi connectivity index (χ2n) is 6.64. The van der Waals surface area contributed by atoms with E-state index in [9.17, 15) is 0 Å². The summed E-state index contributed by atoms with van der Waals surface area (Å²) in [5.41, 5.74) is 3.22. The van der Waals surface area contributed by atoms with Crippen LogP contribution in [0.5, 0.6) is 0 Å². The zero-order valence-corrected chi connectivity index (χ0v) is 13.3. The van der Waals surface area contributed by atoms with Gasteiger partial charge in [-0.15, -0.1) is 11.8 Å². The monoisotopic (exact) mass is 288 g/mol. The van der Waals surface area contributed by atoms with E-state index >= 15 is 0 Å². The van der Waals surface area contributed by atoms with Gasteiger partial charge in [-0.05, 0) is 44.1 Å². The van der Waals surface area contributed by atoms with E-state index in [-0.39, 0.29) is 0 Å². The van der Waals surface area contributed by atoms with Gasteiger partial charge in [0.25, 0.3) is 0 Å². The Balaban J connectivity index is 1.75. The van der Waals surface area contributed by atoms with Crippen molar-refractivity contribution in [3.05, 3.63) is 23.8 Å². The zero-order valence-electron chi connectivity index (χ0n) is 12.5. The average molecular weight is 288 g/mol. The first kappa shape index (κ1) is 13.0. The van der Waals surface area contributed by atoms with E-state index < -0.39 is 0 Å². The van der Waals surface area contributed by atoms with Gasteiger partial charge in [-0.3, -0.25) is 0 Å². The Morgan fingerprint density at radius 2 is 2.15 bits per heavy atom. The van der Waals surface area contributed by atoms with E-state index in [1.807, 2.05) is 0 Å². The Bertz CT molecular complexity index is 514. The van der Waals surface area contributed by atoms with Gasteiger partial charge in [-0.1, -0.05) is 12.1 Å². The number of hydrogen-bond acceptors (Lipinski definition) is 3. The van der Waals surface area contributed by atoms with Crippen LogP contribution in [0.15, 0.2) is 23.1 Å². The van der Waals surface area contributed by atoms with Crippen LogP contribution in [0.2, 0.25) is 0 Å². The molecule has 0 aliphatic carbocycles. The molecule has 2 atom stereocenters. The third-order valence-corrected chi connectivity index (χ3v) is 6.39. The van der Waals surface area contributed by atoms with Gasteiger partial charge in [0.05, 0.1) is 5.69 Å². The summed E-state index contributed by atoms with van der Waals surface area (Å²) in [5.74, 6) is 2.02. The van der Waals surface area contributed by atoms with Gasteiger partial charge in [0, 0.05) is 42.5 Å². The molecular weight excluding hydrogens is 264 g/mol. The SMILES string of the molecule is CC(C)N1CCC2C(C1)c1cccc3c1N2CCCS3. The van der Waals surface area contributed by atoms with Gasteiger partial charge in [-0.2, -0.15) is 0 Å². The van der Waals surface area contributed by atoms with Crippen molar-refractivity contribution in [3.8, 4) is 0 Å². The van der Waals surface area contributed by atoms with E-state index in [0.717, 1.165) is 12.0 Å². The first-order chi connectivity index (χ1) is 9.75. The molecular formula is C17H24N2S. The average Bonchev–Trinajstić information content (AvgIpc) is 2.63. The Hall–Kier alpha value is -0.670. The fourth-order valence-electron chi connectivity index (χ4n) is 4.24. The van der Waals surface area contributed by atoms with Crippen LogP contribution in [-0.4, -0.2) is 42.4 Å². The lowest BCUT2D eigenvalue weighted by Gasteiger charge is -2.40. The van der Waals surface area contributed by atoms with Crippen LogP contribution in [0.3, 0.4) is 0 Å². The van der Waals surface area contributed by atoms with Crippen LogP contribution in [-0.2, 0) is 0 Å². The van der Waals surface area contributed by atoms with Crippen molar-refractivity contribution >= 4 is 17.4 Å². The molecule has 1 aromatic carbocycles. The lowest BCUT2D eigenvalue weighted by atomic mass is 9.88. The molecule has 0 N–H and O–H groups in total. The molecule has 0 radical (unpaired) electrons. The van der Waals surface area contributed by atoms with Crippen LogP contribution in [0, 0.1) is 0 Å². The highest BCUT2D eigenvalue weighted by atomic mass is 32.2. The van der Waals surface area contributed by atoms with Gasteiger partial charge >= 0.3 is 0 Å². The smallest absolute Gasteiger partial charge is 0.0543 e. The lowest BCUT2D eigenvalue weighted by Crippen LogP contribution is -2.48. The Morgan fingerprint density at radius 1 is 1.25 bits per heavy atom. The summed E-state index contributed by atoms with van der Waals surface area (Å²) in [6.07, 6.45) is 2.66. The number of nitrogens with zero attached hydrogens (tertiary/aromatic N) is 2. The van der Waals surface area contributed by atoms with Gasteiger partial charge < -0.3 is 9.80 Å². The van der Waals surface area contributed by atoms with Crippen molar-refractivity contribution in [2.45, 2.75) is 49.6 Å². The molecule has 0 aromatic heterocycles. The summed E-state index contributed by atoms with van der Waals surface area (Å²) in [7, 11) is 0. The first-order valence-electron chi connectivity index (χ1n) is 8.02. The number of likely N-dealkylation sites (tertiary alicyclic amines) is 1. The van der Waals surface area contributed by atoms with E-state index in [0.29, 0.717) is 6.04 Å². The fraction of sp³-hybridized carbons (Fsp3) is 0.647. The van der Waals surface area contributed by atoms with Crippen molar-refractivity contribution in [2.75, 3.05) is 30.3 Å². The van der Waals surface area contributed by atoms with Gasteiger partial charge in [0.15, 0.2) is 0 Å². The summed E-state index contributed by atoms with van der Waals surface area (Å²) in [4.78, 5) is 6.96. The van der Waals surface area contributed by atoms with Gasteiger partial charge in [0.2, 0.25) is 0 Å². The largest absolute Gasteiger partial charge is 0.367 e. The minimum atomic E-state index is 0.680. The zero-order chi connectivity index (χ0) is 13.7. The predicted octanol–water partition coefficient (Wildman–Crippen LogP) is 3.57. The molecule has 0 bridgehead atoms. The molecule has 20 heavy (non-hydrogen) atoms. The van der Waals surface area contributed by atoms with Crippen molar-refractivity contribution in [2.24, 2.45) is 0 Å². The molecule has 1 saturated heterocycles. The molecule has 3 heteroatoms. The van der Waals surface area contributed by atoms with Crippen LogP contribution in [0.25, 0.3) is 0 Å². The van der Waals surface area contributed by atoms with Crippen molar-refractivity contribution in [1.82, 2.24) is 4.90 Å². The molecule has 0 saturated carbocycles. The lowest BCUT2D eigenvalue weighted by molar-refractivity contribution is 0.156. The molecule has 1 fully saturated rings. The van der Waals surface area contributed by atoms with E-state index in [1.54, 1.807) is 11.3 Å². The number of benzene rings is 1. The summed E-state index contributed by atoms with van der Waals surface area (Å²) in [6, 6.07) is 8.45. The summed E-state index contributed by atoms with van der Waals surface area (Å²) in [6.45, 7) is 8.46. The highest BCUT2D eigenvalue weighted by Gasteiger charge is 2.43. The Labute approximate surface area is 126 Å². The topological polar surface area (TPSA) is 6.48 Å². The molecule has 0 spiro atoms.